The minimum Gasteiger partial charge on any atom is -0.489 e. The molecular formula is C28H36ClN3O4. The van der Waals surface area contributed by atoms with Gasteiger partial charge >= 0.3 is 5.97 Å². The van der Waals surface area contributed by atoms with Crippen molar-refractivity contribution in [2.24, 2.45) is 10.9 Å². The van der Waals surface area contributed by atoms with Crippen LogP contribution in [0.2, 0.25) is 5.02 Å². The lowest BCUT2D eigenvalue weighted by atomic mass is 9.96. The normalized spacial score (nSPS) is 14.7. The second kappa shape index (κ2) is 11.9. The maximum Gasteiger partial charge on any atom is 0.320 e. The van der Waals surface area contributed by atoms with Crippen molar-refractivity contribution in [2.75, 3.05) is 13.1 Å². The molecule has 36 heavy (non-hydrogen) atoms. The largest absolute Gasteiger partial charge is 0.489 e. The summed E-state index contributed by atoms with van der Waals surface area (Å²) < 4.78 is 11.2. The van der Waals surface area contributed by atoms with E-state index < -0.39 is 5.60 Å². The lowest BCUT2D eigenvalue weighted by Gasteiger charge is -2.24. The van der Waals surface area contributed by atoms with Crippen LogP contribution in [0.4, 0.5) is 0 Å². The highest BCUT2D eigenvalue weighted by molar-refractivity contribution is 6.32. The van der Waals surface area contributed by atoms with Gasteiger partial charge in [-0.05, 0) is 83.3 Å². The van der Waals surface area contributed by atoms with Gasteiger partial charge in [-0.1, -0.05) is 36.4 Å². The van der Waals surface area contributed by atoms with Crippen molar-refractivity contribution in [2.45, 2.75) is 65.7 Å². The summed E-state index contributed by atoms with van der Waals surface area (Å²) >= 11 is 6.39. The van der Waals surface area contributed by atoms with Gasteiger partial charge in [0.1, 0.15) is 11.4 Å². The molecule has 0 saturated carbocycles. The van der Waals surface area contributed by atoms with Crippen LogP contribution < -0.4 is 10.6 Å². The van der Waals surface area contributed by atoms with E-state index in [9.17, 15) is 4.79 Å². The Hall–Kier alpha value is -2.87. The monoisotopic (exact) mass is 513 g/mol. The van der Waals surface area contributed by atoms with E-state index in [1.54, 1.807) is 18.2 Å². The van der Waals surface area contributed by atoms with E-state index in [0.717, 1.165) is 36.1 Å². The van der Waals surface area contributed by atoms with Gasteiger partial charge in [0.25, 0.3) is 0 Å². The first-order valence-corrected chi connectivity index (χ1v) is 12.5. The van der Waals surface area contributed by atoms with Crippen LogP contribution in [0.1, 0.15) is 63.3 Å². The number of benzene rings is 2. The molecule has 0 radical (unpaired) electrons. The molecule has 1 aliphatic rings. The Labute approximate surface area is 218 Å². The average Bonchev–Trinajstić information content (AvgIpc) is 2.98. The number of aliphatic imine (C=N–C) groups is 1. The Bertz CT molecular complexity index is 1140. The number of fused-ring (bicyclic) bond motifs is 1. The number of carbonyl (C=O) groups excluding carboxylic acids is 1. The fraction of sp³-hybridized carbons (Fsp3) is 0.429. The summed E-state index contributed by atoms with van der Waals surface area (Å²) in [5, 5.41) is 0.440. The molecule has 0 unspecified atom stereocenters. The molecule has 0 saturated heterocycles. The summed E-state index contributed by atoms with van der Waals surface area (Å²) in [5.74, 6) is 6.14. The maximum atomic E-state index is 12.4. The molecular weight excluding hydrogens is 478 g/mol. The SMILES string of the molecule is C=C(/N=C(\ON)c1ccc(OC(C)C)c(Cl)c1)c1cccc2c1CCCN(CC(=O)OC(C)(C)C)C2. The summed E-state index contributed by atoms with van der Waals surface area (Å²) in [4.78, 5) is 24.2. The van der Waals surface area contributed by atoms with Gasteiger partial charge in [0.05, 0.1) is 23.4 Å². The average molecular weight is 514 g/mol. The third-order valence-corrected chi connectivity index (χ3v) is 5.84. The molecule has 0 spiro atoms. The molecule has 3 rings (SSSR count). The molecule has 7 nitrogen and oxygen atoms in total. The van der Waals surface area contributed by atoms with Gasteiger partial charge in [-0.3, -0.25) is 9.69 Å². The predicted octanol–water partition coefficient (Wildman–Crippen LogP) is 5.52. The molecule has 0 amide bonds. The molecule has 0 atom stereocenters. The number of nitrogens with two attached hydrogens (primary N) is 1. The third kappa shape index (κ3) is 7.56. The Morgan fingerprint density at radius 3 is 2.64 bits per heavy atom. The first kappa shape index (κ1) is 27.7. The van der Waals surface area contributed by atoms with E-state index in [0.29, 0.717) is 28.6 Å². The van der Waals surface area contributed by atoms with E-state index in [-0.39, 0.29) is 24.5 Å². The first-order valence-electron chi connectivity index (χ1n) is 12.1. The Morgan fingerprint density at radius 1 is 1.25 bits per heavy atom. The summed E-state index contributed by atoms with van der Waals surface area (Å²) in [7, 11) is 0. The van der Waals surface area contributed by atoms with Crippen LogP contribution in [-0.4, -0.2) is 41.6 Å². The predicted molar refractivity (Wildman–Crippen MR) is 144 cm³/mol. The summed E-state index contributed by atoms with van der Waals surface area (Å²) in [5.41, 5.74) is 3.87. The number of nitrogens with zero attached hydrogens (tertiary/aromatic N) is 2. The van der Waals surface area contributed by atoms with Crippen molar-refractivity contribution >= 4 is 29.2 Å². The zero-order valence-electron chi connectivity index (χ0n) is 21.8. The highest BCUT2D eigenvalue weighted by Gasteiger charge is 2.23. The second-order valence-corrected chi connectivity index (χ2v) is 10.5. The van der Waals surface area contributed by atoms with Gasteiger partial charge in [-0.25, -0.2) is 4.99 Å². The number of ether oxygens (including phenoxy) is 2. The van der Waals surface area contributed by atoms with Crippen molar-refractivity contribution in [3.8, 4) is 5.75 Å². The number of esters is 1. The minimum atomic E-state index is -0.501. The van der Waals surface area contributed by atoms with Gasteiger partial charge in [0, 0.05) is 17.7 Å². The van der Waals surface area contributed by atoms with Crippen LogP contribution in [0.25, 0.3) is 5.70 Å². The molecule has 8 heteroatoms. The van der Waals surface area contributed by atoms with E-state index >= 15 is 0 Å². The van der Waals surface area contributed by atoms with Crippen LogP contribution in [0, 0.1) is 0 Å². The van der Waals surface area contributed by atoms with Crippen LogP contribution >= 0.6 is 11.6 Å². The second-order valence-electron chi connectivity index (χ2n) is 10.1. The highest BCUT2D eigenvalue weighted by atomic mass is 35.5. The summed E-state index contributed by atoms with van der Waals surface area (Å²) in [6.07, 6.45) is 1.74. The topological polar surface area (TPSA) is 86.4 Å². The molecule has 2 N–H and O–H groups in total. The Morgan fingerprint density at radius 2 is 2.00 bits per heavy atom. The number of hydrogen-bond donors (Lipinski definition) is 1. The standard InChI is InChI=1S/C28H36ClN3O4/c1-18(2)34-25-13-12-20(15-24(25)29)27(36-30)31-19(3)22-10-7-9-21-16-32(14-8-11-23(21)22)17-26(33)35-28(4,5)6/h7,9-10,12-13,15,18H,3,8,11,14,16-17,30H2,1-2,4-6H3/b31-27-. The third-order valence-electron chi connectivity index (χ3n) is 5.54. The van der Waals surface area contributed by atoms with Crippen LogP contribution in [0.3, 0.4) is 0 Å². The molecule has 0 fully saturated rings. The summed E-state index contributed by atoms with van der Waals surface area (Å²) in [6.45, 7) is 15.4. The maximum absolute atomic E-state index is 12.4. The van der Waals surface area contributed by atoms with Crippen molar-refractivity contribution in [1.82, 2.24) is 4.90 Å². The zero-order valence-corrected chi connectivity index (χ0v) is 22.5. The fourth-order valence-corrected chi connectivity index (χ4v) is 4.39. The van der Waals surface area contributed by atoms with Crippen molar-refractivity contribution in [3.05, 3.63) is 70.3 Å². The molecule has 0 bridgehead atoms. The zero-order chi connectivity index (χ0) is 26.5. The Kier molecular flexibility index (Phi) is 9.17. The molecule has 0 aliphatic carbocycles. The molecule has 2 aromatic carbocycles. The highest BCUT2D eigenvalue weighted by Crippen LogP contribution is 2.30. The number of rotatable bonds is 7. The van der Waals surface area contributed by atoms with Gasteiger partial charge in [0.15, 0.2) is 0 Å². The molecule has 0 aromatic heterocycles. The van der Waals surface area contributed by atoms with Crippen LogP contribution in [0.5, 0.6) is 5.75 Å². The smallest absolute Gasteiger partial charge is 0.320 e. The molecule has 2 aromatic rings. The van der Waals surface area contributed by atoms with Gasteiger partial charge in [-0.15, -0.1) is 0 Å². The summed E-state index contributed by atoms with van der Waals surface area (Å²) in [6, 6.07) is 11.3. The van der Waals surface area contributed by atoms with Crippen LogP contribution in [0.15, 0.2) is 48.0 Å². The van der Waals surface area contributed by atoms with E-state index in [1.807, 2.05) is 46.8 Å². The first-order chi connectivity index (χ1) is 17.0. The van der Waals surface area contributed by atoms with Crippen LogP contribution in [-0.2, 0) is 27.3 Å². The fourth-order valence-electron chi connectivity index (χ4n) is 4.16. The molecule has 1 heterocycles. The quantitative estimate of drug-likeness (QED) is 0.227. The molecule has 194 valence electrons. The minimum absolute atomic E-state index is 0.000391. The van der Waals surface area contributed by atoms with E-state index in [2.05, 4.69) is 22.5 Å². The van der Waals surface area contributed by atoms with Crippen molar-refractivity contribution < 1.29 is 19.1 Å². The van der Waals surface area contributed by atoms with E-state index in [4.69, 9.17) is 31.8 Å². The van der Waals surface area contributed by atoms with Gasteiger partial charge in [0.2, 0.25) is 5.90 Å². The lowest BCUT2D eigenvalue weighted by Crippen LogP contribution is -2.34. The van der Waals surface area contributed by atoms with E-state index in [1.165, 1.54) is 0 Å². The van der Waals surface area contributed by atoms with Crippen molar-refractivity contribution in [1.29, 1.82) is 0 Å². The number of carbonyl (C=O) groups is 1. The number of halogens is 1. The lowest BCUT2D eigenvalue weighted by molar-refractivity contribution is -0.156. The van der Waals surface area contributed by atoms with Gasteiger partial charge < -0.3 is 14.3 Å². The van der Waals surface area contributed by atoms with Crippen molar-refractivity contribution in [3.63, 3.8) is 0 Å². The van der Waals surface area contributed by atoms with Gasteiger partial charge in [-0.2, -0.15) is 5.90 Å². The molecule has 1 aliphatic heterocycles. The Balaban J connectivity index is 1.82. The number of hydrogen-bond acceptors (Lipinski definition) is 7.